The van der Waals surface area contributed by atoms with Crippen molar-refractivity contribution in [1.82, 2.24) is 0 Å². The Morgan fingerprint density at radius 2 is 2.05 bits per heavy atom. The number of phenols is 1. The zero-order chi connectivity index (χ0) is 15.8. The summed E-state index contributed by atoms with van der Waals surface area (Å²) in [6.45, 7) is 1.61. The topological polar surface area (TPSA) is 110 Å². The molecule has 21 heavy (non-hydrogen) atoms. The smallest absolute Gasteiger partial charge is 0.300 e. The second-order valence-electron chi connectivity index (χ2n) is 4.09. The van der Waals surface area contributed by atoms with E-state index in [1.165, 1.54) is 18.2 Å². The van der Waals surface area contributed by atoms with E-state index in [1.54, 1.807) is 6.92 Å². The molecule has 0 aliphatic heterocycles. The van der Waals surface area contributed by atoms with Gasteiger partial charge in [-0.05, 0) is 30.7 Å². The molecule has 0 bridgehead atoms. The third-order valence-corrected chi connectivity index (χ3v) is 5.75. The summed E-state index contributed by atoms with van der Waals surface area (Å²) in [4.78, 5) is 9.94. The fourth-order valence-electron chi connectivity index (χ4n) is 1.52. The average Bonchev–Trinajstić information content (AvgIpc) is 2.77. The minimum atomic E-state index is -3.98. The monoisotopic (exact) mass is 348 g/mol. The maximum atomic E-state index is 12.1. The molecule has 2 N–H and O–H groups in total. The molecule has 112 valence electrons. The van der Waals surface area contributed by atoms with Crippen LogP contribution >= 0.6 is 22.9 Å². The summed E-state index contributed by atoms with van der Waals surface area (Å²) >= 11 is 6.25. The van der Waals surface area contributed by atoms with E-state index < -0.39 is 20.6 Å². The predicted molar refractivity (Wildman–Crippen MR) is 79.6 cm³/mol. The highest BCUT2D eigenvalue weighted by Crippen LogP contribution is 2.37. The summed E-state index contributed by atoms with van der Waals surface area (Å²) in [5, 5.41) is 20.1. The lowest BCUT2D eigenvalue weighted by atomic mass is 10.2. The molecule has 1 heterocycles. The van der Waals surface area contributed by atoms with Crippen LogP contribution in [0.5, 0.6) is 5.75 Å². The van der Waals surface area contributed by atoms with Crippen molar-refractivity contribution in [3.05, 3.63) is 44.3 Å². The van der Waals surface area contributed by atoms with Crippen LogP contribution in [0, 0.1) is 17.0 Å². The summed E-state index contributed by atoms with van der Waals surface area (Å²) in [5.41, 5.74) is 0.270. The maximum absolute atomic E-state index is 12.1. The van der Waals surface area contributed by atoms with Gasteiger partial charge in [0.15, 0.2) is 4.34 Å². The van der Waals surface area contributed by atoms with Crippen LogP contribution in [-0.2, 0) is 10.0 Å². The zero-order valence-corrected chi connectivity index (χ0v) is 12.9. The molecule has 10 heteroatoms. The van der Waals surface area contributed by atoms with Crippen LogP contribution < -0.4 is 4.72 Å². The molecule has 2 rings (SSSR count). The van der Waals surface area contributed by atoms with E-state index in [0.717, 1.165) is 6.07 Å². The molecule has 7 nitrogen and oxygen atoms in total. The Labute approximate surface area is 129 Å². The highest BCUT2D eigenvalue weighted by atomic mass is 35.5. The van der Waals surface area contributed by atoms with E-state index in [1.807, 2.05) is 0 Å². The van der Waals surface area contributed by atoms with Crippen LogP contribution in [0.3, 0.4) is 0 Å². The lowest BCUT2D eigenvalue weighted by molar-refractivity contribution is -0.384. The van der Waals surface area contributed by atoms with Crippen LogP contribution in [0.15, 0.2) is 28.5 Å². The minimum Gasteiger partial charge on any atom is -0.508 e. The fourth-order valence-corrected chi connectivity index (χ4v) is 4.23. The Hall–Kier alpha value is -1.84. The van der Waals surface area contributed by atoms with Crippen molar-refractivity contribution in [3.63, 3.8) is 0 Å². The normalized spacial score (nSPS) is 11.3. The molecule has 0 fully saturated rings. The lowest BCUT2D eigenvalue weighted by Gasteiger charge is -2.07. The first-order valence-corrected chi connectivity index (χ1v) is 8.14. The Morgan fingerprint density at radius 3 is 2.57 bits per heavy atom. The van der Waals surface area contributed by atoms with Gasteiger partial charge in [-0.1, -0.05) is 11.6 Å². The van der Waals surface area contributed by atoms with Gasteiger partial charge in [0.25, 0.3) is 15.7 Å². The van der Waals surface area contributed by atoms with Crippen LogP contribution in [-0.4, -0.2) is 18.4 Å². The maximum Gasteiger partial charge on any atom is 0.300 e. The quantitative estimate of drug-likeness (QED) is 0.501. The van der Waals surface area contributed by atoms with Crippen molar-refractivity contribution in [2.75, 3.05) is 4.72 Å². The van der Waals surface area contributed by atoms with Gasteiger partial charge >= 0.3 is 0 Å². The number of anilines is 1. The number of aromatic hydroxyl groups is 1. The minimum absolute atomic E-state index is 0.0350. The summed E-state index contributed by atoms with van der Waals surface area (Å²) in [5.74, 6) is 0.0350. The summed E-state index contributed by atoms with van der Waals surface area (Å²) < 4.78 is 26.1. The van der Waals surface area contributed by atoms with Crippen LogP contribution in [0.1, 0.15) is 5.56 Å². The number of hydrogen-bond acceptors (Lipinski definition) is 6. The second kappa shape index (κ2) is 5.51. The first-order chi connectivity index (χ1) is 9.70. The average molecular weight is 349 g/mol. The van der Waals surface area contributed by atoms with Crippen molar-refractivity contribution in [2.45, 2.75) is 11.1 Å². The number of benzene rings is 1. The Balaban J connectivity index is 2.36. The number of nitro groups is 1. The van der Waals surface area contributed by atoms with Crippen molar-refractivity contribution in [1.29, 1.82) is 0 Å². The van der Waals surface area contributed by atoms with E-state index in [-0.39, 0.29) is 20.0 Å². The molecule has 0 aliphatic rings. The molecule has 0 aliphatic carbocycles. The molecule has 0 spiro atoms. The largest absolute Gasteiger partial charge is 0.508 e. The van der Waals surface area contributed by atoms with Gasteiger partial charge in [0.1, 0.15) is 9.96 Å². The molecular formula is C11H9ClN2O5S2. The number of halogens is 1. The number of sulfonamides is 1. The number of phenolic OH excluding ortho intramolecular Hbond substituents is 1. The molecule has 0 saturated heterocycles. The summed E-state index contributed by atoms with van der Waals surface area (Å²) in [7, 11) is -3.98. The molecule has 0 radical (unpaired) electrons. The zero-order valence-electron chi connectivity index (χ0n) is 10.5. The lowest BCUT2D eigenvalue weighted by Crippen LogP contribution is -2.11. The number of aryl methyl sites for hydroxylation is 1. The molecule has 2 aromatic rings. The molecule has 1 aromatic carbocycles. The predicted octanol–water partition coefficient (Wildman–Crippen LogP) is 3.12. The van der Waals surface area contributed by atoms with Gasteiger partial charge in [-0.2, -0.15) is 0 Å². The second-order valence-corrected chi connectivity index (χ2v) is 7.65. The molecular weight excluding hydrogens is 340 g/mol. The number of thiophene rings is 1. The van der Waals surface area contributed by atoms with Crippen molar-refractivity contribution >= 4 is 44.3 Å². The number of nitrogens with one attached hydrogen (secondary N) is 1. The first kappa shape index (κ1) is 15.5. The Bertz CT molecular complexity index is 816. The van der Waals surface area contributed by atoms with Crippen LogP contribution in [0.4, 0.5) is 11.4 Å². The van der Waals surface area contributed by atoms with E-state index in [9.17, 15) is 23.6 Å². The molecule has 0 saturated carbocycles. The van der Waals surface area contributed by atoms with Crippen molar-refractivity contribution in [3.8, 4) is 5.75 Å². The van der Waals surface area contributed by atoms with Gasteiger partial charge < -0.3 is 5.11 Å². The molecule has 0 unspecified atom stereocenters. The van der Waals surface area contributed by atoms with Crippen LogP contribution in [0.25, 0.3) is 0 Å². The molecule has 0 amide bonds. The summed E-state index contributed by atoms with van der Waals surface area (Å²) in [6, 6.07) is 5.07. The van der Waals surface area contributed by atoms with E-state index in [4.69, 9.17) is 11.6 Å². The van der Waals surface area contributed by atoms with E-state index >= 15 is 0 Å². The van der Waals surface area contributed by atoms with E-state index in [0.29, 0.717) is 16.9 Å². The number of hydrogen-bond donors (Lipinski definition) is 2. The van der Waals surface area contributed by atoms with Gasteiger partial charge in [0.05, 0.1) is 4.92 Å². The van der Waals surface area contributed by atoms with Gasteiger partial charge in [-0.3, -0.25) is 14.8 Å². The fraction of sp³-hybridized carbons (Fsp3) is 0.0909. The van der Waals surface area contributed by atoms with Crippen molar-refractivity contribution in [2.24, 2.45) is 0 Å². The molecule has 1 aromatic heterocycles. The Kier molecular flexibility index (Phi) is 4.08. The number of rotatable bonds is 4. The van der Waals surface area contributed by atoms with Crippen LogP contribution in [0.2, 0.25) is 4.34 Å². The SMILES string of the molecule is Cc1cc(NS(=O)(=O)c2cc([N+](=O)[O-])c(Cl)s2)ccc1O. The highest BCUT2D eigenvalue weighted by Gasteiger charge is 2.25. The van der Waals surface area contributed by atoms with Gasteiger partial charge in [-0.25, -0.2) is 8.42 Å². The molecule has 0 atom stereocenters. The summed E-state index contributed by atoms with van der Waals surface area (Å²) in [6.07, 6.45) is 0. The Morgan fingerprint density at radius 1 is 1.38 bits per heavy atom. The van der Waals surface area contributed by atoms with Crippen molar-refractivity contribution < 1.29 is 18.4 Å². The first-order valence-electron chi connectivity index (χ1n) is 5.47. The van der Waals surface area contributed by atoms with E-state index in [2.05, 4.69) is 4.72 Å². The standard InChI is InChI=1S/C11H9ClN2O5S2/c1-6-4-7(2-3-9(6)15)13-21(18,19)10-5-8(14(16)17)11(12)20-10/h2-5,13,15H,1H3. The van der Waals surface area contributed by atoms with Gasteiger partial charge in [0.2, 0.25) is 0 Å². The van der Waals surface area contributed by atoms with Gasteiger partial charge in [0, 0.05) is 11.8 Å². The third kappa shape index (κ3) is 3.26. The van der Waals surface area contributed by atoms with Gasteiger partial charge in [-0.15, -0.1) is 11.3 Å². The third-order valence-electron chi connectivity index (χ3n) is 2.56. The highest BCUT2D eigenvalue weighted by molar-refractivity contribution is 7.94. The number of nitrogens with zero attached hydrogens (tertiary/aromatic N) is 1.